The minimum atomic E-state index is -0.775. The number of hydrogen-bond donors (Lipinski definition) is 1. The van der Waals surface area contributed by atoms with Gasteiger partial charge in [-0.05, 0) is 36.5 Å². The molecule has 0 aliphatic heterocycles. The van der Waals surface area contributed by atoms with Gasteiger partial charge in [0.2, 0.25) is 0 Å². The lowest BCUT2D eigenvalue weighted by Crippen LogP contribution is -2.37. The van der Waals surface area contributed by atoms with Gasteiger partial charge in [0.1, 0.15) is 0 Å². The highest BCUT2D eigenvalue weighted by Gasteiger charge is 2.22. The van der Waals surface area contributed by atoms with Gasteiger partial charge in [-0.15, -0.1) is 0 Å². The molecule has 1 fully saturated rings. The Morgan fingerprint density at radius 2 is 1.94 bits per heavy atom. The molecule has 0 spiro atoms. The summed E-state index contributed by atoms with van der Waals surface area (Å²) in [5.41, 5.74) is 0.814. The van der Waals surface area contributed by atoms with Gasteiger partial charge in [0.15, 0.2) is 11.6 Å². The van der Waals surface area contributed by atoms with Crippen LogP contribution in [0.5, 0.6) is 0 Å². The predicted molar refractivity (Wildman–Crippen MR) is 69.2 cm³/mol. The van der Waals surface area contributed by atoms with Crippen molar-refractivity contribution in [2.24, 2.45) is 5.92 Å². The Morgan fingerprint density at radius 3 is 2.67 bits per heavy atom. The molecule has 2 unspecified atom stereocenters. The maximum absolute atomic E-state index is 13.1. The molecule has 0 heterocycles. The van der Waals surface area contributed by atoms with Crippen LogP contribution in [0.3, 0.4) is 0 Å². The van der Waals surface area contributed by atoms with Crippen LogP contribution in [0.25, 0.3) is 0 Å². The SMILES string of the molecule is CCC1CCCCC1NCc1ccc(F)c(F)c1. The van der Waals surface area contributed by atoms with Crippen LogP contribution in [0.4, 0.5) is 8.78 Å². The second-order valence-electron chi connectivity index (χ2n) is 5.19. The largest absolute Gasteiger partial charge is 0.310 e. The van der Waals surface area contributed by atoms with Crippen molar-refractivity contribution in [3.63, 3.8) is 0 Å². The zero-order chi connectivity index (χ0) is 13.0. The van der Waals surface area contributed by atoms with Gasteiger partial charge in [-0.25, -0.2) is 8.78 Å². The van der Waals surface area contributed by atoms with Gasteiger partial charge in [0.05, 0.1) is 0 Å². The molecule has 1 aromatic carbocycles. The summed E-state index contributed by atoms with van der Waals surface area (Å²) in [5.74, 6) is -0.808. The zero-order valence-electron chi connectivity index (χ0n) is 10.9. The van der Waals surface area contributed by atoms with Gasteiger partial charge < -0.3 is 5.32 Å². The first-order valence-electron chi connectivity index (χ1n) is 6.88. The van der Waals surface area contributed by atoms with E-state index in [1.807, 2.05) is 0 Å². The summed E-state index contributed by atoms with van der Waals surface area (Å²) in [6.45, 7) is 2.85. The third kappa shape index (κ3) is 3.29. The quantitative estimate of drug-likeness (QED) is 0.854. The minimum Gasteiger partial charge on any atom is -0.310 e. The van der Waals surface area contributed by atoms with E-state index in [1.54, 1.807) is 6.07 Å². The summed E-state index contributed by atoms with van der Waals surface area (Å²) in [6.07, 6.45) is 6.26. The average molecular weight is 253 g/mol. The van der Waals surface area contributed by atoms with Crippen molar-refractivity contribution in [2.45, 2.75) is 51.6 Å². The van der Waals surface area contributed by atoms with Crippen LogP contribution < -0.4 is 5.32 Å². The number of hydrogen-bond acceptors (Lipinski definition) is 1. The summed E-state index contributed by atoms with van der Waals surface area (Å²) in [7, 11) is 0. The normalized spacial score (nSPS) is 24.2. The van der Waals surface area contributed by atoms with Crippen LogP contribution in [0.2, 0.25) is 0 Å². The van der Waals surface area contributed by atoms with Crippen molar-refractivity contribution in [2.75, 3.05) is 0 Å². The summed E-state index contributed by atoms with van der Waals surface area (Å²) in [5, 5.41) is 3.50. The fourth-order valence-corrected chi connectivity index (χ4v) is 2.86. The van der Waals surface area contributed by atoms with Crippen molar-refractivity contribution >= 4 is 0 Å². The number of benzene rings is 1. The Hall–Kier alpha value is -0.960. The molecule has 3 heteroatoms. The van der Waals surface area contributed by atoms with Gasteiger partial charge in [-0.3, -0.25) is 0 Å². The van der Waals surface area contributed by atoms with Gasteiger partial charge in [0.25, 0.3) is 0 Å². The fraction of sp³-hybridized carbons (Fsp3) is 0.600. The predicted octanol–water partition coefficient (Wildman–Crippen LogP) is 4.02. The van der Waals surface area contributed by atoms with E-state index in [9.17, 15) is 8.78 Å². The summed E-state index contributed by atoms with van der Waals surface area (Å²) >= 11 is 0. The first-order valence-corrected chi connectivity index (χ1v) is 6.88. The monoisotopic (exact) mass is 253 g/mol. The van der Waals surface area contributed by atoms with E-state index in [0.717, 1.165) is 11.5 Å². The Kier molecular flexibility index (Phi) is 4.70. The smallest absolute Gasteiger partial charge is 0.159 e. The van der Waals surface area contributed by atoms with Gasteiger partial charge >= 0.3 is 0 Å². The summed E-state index contributed by atoms with van der Waals surface area (Å²) in [4.78, 5) is 0. The van der Waals surface area contributed by atoms with E-state index in [1.165, 1.54) is 44.2 Å². The number of nitrogens with one attached hydrogen (secondary N) is 1. The van der Waals surface area contributed by atoms with Crippen LogP contribution in [0, 0.1) is 17.6 Å². The molecule has 100 valence electrons. The van der Waals surface area contributed by atoms with Gasteiger partial charge in [0, 0.05) is 12.6 Å². The highest BCUT2D eigenvalue weighted by molar-refractivity contribution is 5.17. The van der Waals surface area contributed by atoms with Gasteiger partial charge in [-0.1, -0.05) is 32.3 Å². The summed E-state index contributed by atoms with van der Waals surface area (Å²) < 4.78 is 25.9. The molecule has 0 radical (unpaired) electrons. The lowest BCUT2D eigenvalue weighted by molar-refractivity contribution is 0.254. The summed E-state index contributed by atoms with van der Waals surface area (Å²) in [6, 6.07) is 4.66. The Bertz CT molecular complexity index is 392. The second-order valence-corrected chi connectivity index (χ2v) is 5.19. The molecule has 0 amide bonds. The lowest BCUT2D eigenvalue weighted by atomic mass is 9.83. The molecule has 2 rings (SSSR count). The van der Waals surface area contributed by atoms with Crippen molar-refractivity contribution in [3.05, 3.63) is 35.4 Å². The molecule has 1 saturated carbocycles. The van der Waals surface area contributed by atoms with Crippen molar-refractivity contribution in [1.29, 1.82) is 0 Å². The topological polar surface area (TPSA) is 12.0 Å². The molecule has 0 aromatic heterocycles. The van der Waals surface area contributed by atoms with Gasteiger partial charge in [-0.2, -0.15) is 0 Å². The number of rotatable bonds is 4. The maximum Gasteiger partial charge on any atom is 0.159 e. The van der Waals surface area contributed by atoms with Crippen LogP contribution in [0.15, 0.2) is 18.2 Å². The fourth-order valence-electron chi connectivity index (χ4n) is 2.86. The standard InChI is InChI=1S/C15H21F2N/c1-2-12-5-3-4-6-15(12)18-10-11-7-8-13(16)14(17)9-11/h7-9,12,15,18H,2-6,10H2,1H3. The molecule has 0 bridgehead atoms. The third-order valence-electron chi connectivity index (χ3n) is 3.99. The van der Waals surface area contributed by atoms with E-state index in [0.29, 0.717) is 12.6 Å². The van der Waals surface area contributed by atoms with E-state index < -0.39 is 11.6 Å². The zero-order valence-corrected chi connectivity index (χ0v) is 10.9. The van der Waals surface area contributed by atoms with Crippen molar-refractivity contribution in [1.82, 2.24) is 5.32 Å². The lowest BCUT2D eigenvalue weighted by Gasteiger charge is -2.31. The van der Waals surface area contributed by atoms with Crippen molar-refractivity contribution < 1.29 is 8.78 Å². The Balaban J connectivity index is 1.91. The highest BCUT2D eigenvalue weighted by Crippen LogP contribution is 2.27. The van der Waals surface area contributed by atoms with Crippen LogP contribution in [-0.4, -0.2) is 6.04 Å². The molecule has 1 nitrogen and oxygen atoms in total. The first-order chi connectivity index (χ1) is 8.70. The molecule has 1 aliphatic rings. The Morgan fingerprint density at radius 1 is 1.17 bits per heavy atom. The minimum absolute atomic E-state index is 0.525. The van der Waals surface area contributed by atoms with E-state index in [4.69, 9.17) is 0 Å². The second kappa shape index (κ2) is 6.28. The molecular weight excluding hydrogens is 232 g/mol. The van der Waals surface area contributed by atoms with E-state index in [2.05, 4.69) is 12.2 Å². The average Bonchev–Trinajstić information content (AvgIpc) is 2.40. The first kappa shape index (κ1) is 13.5. The third-order valence-corrected chi connectivity index (χ3v) is 3.99. The number of halogens is 2. The highest BCUT2D eigenvalue weighted by atomic mass is 19.2. The van der Waals surface area contributed by atoms with Crippen LogP contribution in [0.1, 0.15) is 44.6 Å². The molecule has 18 heavy (non-hydrogen) atoms. The molecule has 1 N–H and O–H groups in total. The molecule has 1 aliphatic carbocycles. The van der Waals surface area contributed by atoms with Crippen molar-refractivity contribution in [3.8, 4) is 0 Å². The van der Waals surface area contributed by atoms with Crippen LogP contribution >= 0.6 is 0 Å². The molecule has 2 atom stereocenters. The van der Waals surface area contributed by atoms with Crippen LogP contribution in [-0.2, 0) is 6.54 Å². The van der Waals surface area contributed by atoms with E-state index in [-0.39, 0.29) is 0 Å². The molecule has 0 saturated heterocycles. The molecular formula is C15H21F2N. The maximum atomic E-state index is 13.1. The van der Waals surface area contributed by atoms with E-state index >= 15 is 0 Å². The Labute approximate surface area is 108 Å². The molecule has 1 aromatic rings.